The van der Waals surface area contributed by atoms with Crippen molar-refractivity contribution in [3.8, 4) is 0 Å². The summed E-state index contributed by atoms with van der Waals surface area (Å²) < 4.78 is 12.5. The van der Waals surface area contributed by atoms with Crippen LogP contribution in [0, 0.1) is 34.0 Å². The van der Waals surface area contributed by atoms with E-state index >= 15 is 0 Å². The molecule has 0 radical (unpaired) electrons. The van der Waals surface area contributed by atoms with Crippen LogP contribution in [0.4, 0.5) is 0 Å². The number of fused-ring (bicyclic) bond motifs is 2. The molecule has 5 heteroatoms. The van der Waals surface area contributed by atoms with Crippen molar-refractivity contribution in [1.82, 2.24) is 0 Å². The molecule has 4 saturated carbocycles. The molecule has 6 rings (SSSR count). The molecule has 2 N–H and O–H groups in total. The smallest absolute Gasteiger partial charge is 0.170 e. The van der Waals surface area contributed by atoms with Crippen LogP contribution in [0.2, 0.25) is 0 Å². The van der Waals surface area contributed by atoms with Gasteiger partial charge >= 0.3 is 0 Å². The van der Waals surface area contributed by atoms with Crippen molar-refractivity contribution in [2.75, 3.05) is 6.61 Å². The van der Waals surface area contributed by atoms with Crippen LogP contribution >= 0.6 is 0 Å². The van der Waals surface area contributed by atoms with Crippen LogP contribution in [-0.2, 0) is 14.3 Å². The van der Waals surface area contributed by atoms with Gasteiger partial charge in [-0.2, -0.15) is 0 Å². The van der Waals surface area contributed by atoms with Crippen LogP contribution < -0.4 is 0 Å². The SMILES string of the molecule is C=C1C(=O)[C@]23[C@H](O)[C@H]1CC[C@H]2[C@@]12[C@H](OCC)O[C@@H]3C[C@@H]1C(C)(C)CC[C@@H]2O. The van der Waals surface area contributed by atoms with E-state index in [0.29, 0.717) is 25.0 Å². The van der Waals surface area contributed by atoms with Gasteiger partial charge in [-0.3, -0.25) is 4.79 Å². The Hall–Kier alpha value is -0.750. The summed E-state index contributed by atoms with van der Waals surface area (Å²) in [6, 6.07) is 0. The minimum Gasteiger partial charge on any atom is -0.392 e. The Morgan fingerprint density at radius 1 is 1.22 bits per heavy atom. The predicted molar refractivity (Wildman–Crippen MR) is 98.6 cm³/mol. The van der Waals surface area contributed by atoms with E-state index in [4.69, 9.17) is 9.47 Å². The largest absolute Gasteiger partial charge is 0.392 e. The van der Waals surface area contributed by atoms with Gasteiger partial charge in [0.05, 0.1) is 29.1 Å². The van der Waals surface area contributed by atoms with Gasteiger partial charge in [0.25, 0.3) is 0 Å². The molecule has 4 bridgehead atoms. The molecule has 2 spiro atoms. The number of aliphatic hydroxyl groups excluding tert-OH is 2. The zero-order chi connectivity index (χ0) is 19.4. The highest BCUT2D eigenvalue weighted by Gasteiger charge is 2.81. The number of carbonyl (C=O) groups is 1. The third kappa shape index (κ3) is 1.79. The third-order valence-electron chi connectivity index (χ3n) is 9.13. The minimum absolute atomic E-state index is 0.0177. The van der Waals surface area contributed by atoms with Crippen LogP contribution in [0.15, 0.2) is 12.2 Å². The summed E-state index contributed by atoms with van der Waals surface area (Å²) in [5.41, 5.74) is -0.984. The van der Waals surface area contributed by atoms with Crippen LogP contribution in [0.5, 0.6) is 0 Å². The molecule has 9 atom stereocenters. The lowest BCUT2D eigenvalue weighted by atomic mass is 9.37. The maximum atomic E-state index is 13.5. The zero-order valence-electron chi connectivity index (χ0n) is 16.6. The molecule has 2 heterocycles. The van der Waals surface area contributed by atoms with Gasteiger partial charge in [-0.25, -0.2) is 0 Å². The fourth-order valence-electron chi connectivity index (χ4n) is 8.12. The normalized spacial score (nSPS) is 55.4. The molecule has 6 fully saturated rings. The van der Waals surface area contributed by atoms with Crippen molar-refractivity contribution in [3.05, 3.63) is 12.2 Å². The Kier molecular flexibility index (Phi) is 3.68. The van der Waals surface area contributed by atoms with Crippen LogP contribution in [0.1, 0.15) is 52.9 Å². The first-order valence-electron chi connectivity index (χ1n) is 10.6. The fourth-order valence-corrected chi connectivity index (χ4v) is 8.12. The quantitative estimate of drug-likeness (QED) is 0.724. The minimum atomic E-state index is -0.946. The first-order chi connectivity index (χ1) is 12.7. The van der Waals surface area contributed by atoms with E-state index in [1.54, 1.807) is 0 Å². The number of ketones is 1. The maximum absolute atomic E-state index is 13.5. The number of hydrogen-bond acceptors (Lipinski definition) is 5. The Balaban J connectivity index is 1.74. The number of hydrogen-bond donors (Lipinski definition) is 2. The fraction of sp³-hybridized carbons (Fsp3) is 0.864. The molecule has 27 heavy (non-hydrogen) atoms. The van der Waals surface area contributed by atoms with Gasteiger partial charge in [0.2, 0.25) is 0 Å². The van der Waals surface area contributed by atoms with Crippen molar-refractivity contribution in [3.63, 3.8) is 0 Å². The monoisotopic (exact) mass is 376 g/mol. The van der Waals surface area contributed by atoms with Crippen molar-refractivity contribution < 1.29 is 24.5 Å². The highest BCUT2D eigenvalue weighted by Crippen LogP contribution is 2.75. The molecule has 0 aromatic carbocycles. The van der Waals surface area contributed by atoms with Gasteiger partial charge < -0.3 is 19.7 Å². The summed E-state index contributed by atoms with van der Waals surface area (Å²) in [6.07, 6.45) is 1.71. The second-order valence-electron chi connectivity index (χ2n) is 10.2. The van der Waals surface area contributed by atoms with Gasteiger partial charge in [-0.1, -0.05) is 20.4 Å². The van der Waals surface area contributed by atoms with Crippen molar-refractivity contribution >= 4 is 5.78 Å². The number of carbonyl (C=O) groups excluding carboxylic acids is 1. The molecular weight excluding hydrogens is 344 g/mol. The molecule has 0 aromatic heterocycles. The predicted octanol–water partition coefficient (Wildman–Crippen LogP) is 2.45. The molecule has 4 aliphatic carbocycles. The van der Waals surface area contributed by atoms with E-state index < -0.39 is 29.3 Å². The number of aliphatic hydroxyl groups is 2. The summed E-state index contributed by atoms with van der Waals surface area (Å²) in [7, 11) is 0. The Labute approximate surface area is 161 Å². The second kappa shape index (κ2) is 5.44. The number of Topliss-reactive ketones (excluding diaryl/α,β-unsaturated/α-hetero) is 1. The van der Waals surface area contributed by atoms with Gasteiger partial charge in [0.1, 0.15) is 0 Å². The summed E-state index contributed by atoms with van der Waals surface area (Å²) in [4.78, 5) is 13.5. The van der Waals surface area contributed by atoms with Gasteiger partial charge in [-0.05, 0) is 61.9 Å². The van der Waals surface area contributed by atoms with Crippen LogP contribution in [0.25, 0.3) is 0 Å². The molecule has 6 aliphatic rings. The van der Waals surface area contributed by atoms with E-state index in [1.165, 1.54) is 0 Å². The lowest BCUT2D eigenvalue weighted by Gasteiger charge is -2.73. The molecule has 150 valence electrons. The van der Waals surface area contributed by atoms with Crippen molar-refractivity contribution in [1.29, 1.82) is 0 Å². The highest BCUT2D eigenvalue weighted by molar-refractivity contribution is 6.04. The molecular formula is C22H32O5. The van der Waals surface area contributed by atoms with E-state index in [1.807, 2.05) is 6.92 Å². The summed E-state index contributed by atoms with van der Waals surface area (Å²) in [6.45, 7) is 11.0. The summed E-state index contributed by atoms with van der Waals surface area (Å²) >= 11 is 0. The summed E-state index contributed by atoms with van der Waals surface area (Å²) in [5, 5.41) is 22.7. The number of ether oxygens (including phenoxy) is 2. The van der Waals surface area contributed by atoms with E-state index in [2.05, 4.69) is 20.4 Å². The Morgan fingerprint density at radius 3 is 2.67 bits per heavy atom. The van der Waals surface area contributed by atoms with Crippen molar-refractivity contribution in [2.45, 2.75) is 77.5 Å². The Morgan fingerprint density at radius 2 is 1.96 bits per heavy atom. The maximum Gasteiger partial charge on any atom is 0.170 e. The van der Waals surface area contributed by atoms with E-state index in [0.717, 1.165) is 19.3 Å². The molecule has 2 saturated heterocycles. The van der Waals surface area contributed by atoms with Crippen LogP contribution in [-0.4, -0.2) is 47.2 Å². The topological polar surface area (TPSA) is 76.0 Å². The lowest BCUT2D eigenvalue weighted by Crippen LogP contribution is -2.79. The first-order valence-corrected chi connectivity index (χ1v) is 10.6. The first kappa shape index (κ1) is 18.3. The zero-order valence-corrected chi connectivity index (χ0v) is 16.6. The average molecular weight is 376 g/mol. The van der Waals surface area contributed by atoms with Crippen LogP contribution in [0.3, 0.4) is 0 Å². The van der Waals surface area contributed by atoms with E-state index in [9.17, 15) is 15.0 Å². The van der Waals surface area contributed by atoms with Gasteiger partial charge in [-0.15, -0.1) is 0 Å². The number of rotatable bonds is 2. The third-order valence-corrected chi connectivity index (χ3v) is 9.13. The highest BCUT2D eigenvalue weighted by atomic mass is 16.7. The van der Waals surface area contributed by atoms with Gasteiger partial charge in [0, 0.05) is 12.5 Å². The second-order valence-corrected chi connectivity index (χ2v) is 10.2. The molecule has 0 amide bonds. The molecule has 5 nitrogen and oxygen atoms in total. The molecule has 2 aliphatic heterocycles. The Bertz CT molecular complexity index is 701. The average Bonchev–Trinajstić information content (AvgIpc) is 2.74. The standard InChI is InChI=1S/C22H32O5/c1-5-26-19-21-13-7-6-12-11(2)17(24)22(13,18(12)25)16(27-19)10-14(21)20(3,4)9-8-15(21)23/h12-16,18-19,23,25H,2,5-10H2,1,3-4H3/t12-,13-,14+,15-,16+,18+,19+,21+,22-/m0/s1. The summed E-state index contributed by atoms with van der Waals surface area (Å²) in [5.74, 6) is -0.0848. The molecule has 0 unspecified atom stereocenters. The lowest BCUT2D eigenvalue weighted by molar-refractivity contribution is -0.408. The van der Waals surface area contributed by atoms with Crippen molar-refractivity contribution in [2.24, 2.45) is 34.0 Å². The van der Waals surface area contributed by atoms with E-state index in [-0.39, 0.29) is 35.1 Å². The van der Waals surface area contributed by atoms with Gasteiger partial charge in [0.15, 0.2) is 12.1 Å². The molecule has 0 aromatic rings.